The van der Waals surface area contributed by atoms with Crippen LogP contribution in [0.4, 0.5) is 5.82 Å². The van der Waals surface area contributed by atoms with Crippen LogP contribution in [-0.4, -0.2) is 26.5 Å². The van der Waals surface area contributed by atoms with Gasteiger partial charge in [0.25, 0.3) is 5.91 Å². The van der Waals surface area contributed by atoms with Crippen molar-refractivity contribution in [2.24, 2.45) is 0 Å². The smallest absolute Gasteiger partial charge is 0.253 e. The van der Waals surface area contributed by atoms with Crippen LogP contribution in [0.1, 0.15) is 34.3 Å². The maximum atomic E-state index is 12.3. The van der Waals surface area contributed by atoms with Crippen LogP contribution >= 0.6 is 0 Å². The summed E-state index contributed by atoms with van der Waals surface area (Å²) in [6, 6.07) is 12.4. The second kappa shape index (κ2) is 7.39. The molecular weight excluding hydrogens is 326 g/mol. The number of nitrogens with zero attached hydrogens (tertiary/aromatic N) is 3. The lowest BCUT2D eigenvalue weighted by molar-refractivity contribution is 0.0950. The van der Waals surface area contributed by atoms with Crippen LogP contribution in [0.2, 0.25) is 0 Å². The normalized spacial score (nSPS) is 13.4. The Hall–Kier alpha value is -3.15. The number of nitrogens with one attached hydrogen (secondary N) is 2. The number of hydrogen-bond acceptors (Lipinski definition) is 4. The van der Waals surface area contributed by atoms with E-state index in [4.69, 9.17) is 0 Å². The molecular formula is C20H21N5O. The fraction of sp³-hybridized carbons (Fsp3) is 0.250. The number of imidazole rings is 1. The Morgan fingerprint density at radius 2 is 2.08 bits per heavy atom. The number of carbonyl (C=O) groups excluding carboxylic acids is 1. The van der Waals surface area contributed by atoms with Gasteiger partial charge in [-0.2, -0.15) is 0 Å². The highest BCUT2D eigenvalue weighted by Crippen LogP contribution is 2.23. The van der Waals surface area contributed by atoms with Gasteiger partial charge in [0.05, 0.1) is 11.9 Å². The highest BCUT2D eigenvalue weighted by atomic mass is 16.1. The third-order valence-corrected chi connectivity index (χ3v) is 4.32. The van der Waals surface area contributed by atoms with Gasteiger partial charge in [0.15, 0.2) is 0 Å². The lowest BCUT2D eigenvalue weighted by atomic mass is 10.1. The van der Waals surface area contributed by atoms with E-state index in [1.54, 1.807) is 18.7 Å². The lowest BCUT2D eigenvalue weighted by Gasteiger charge is -2.09. The minimum Gasteiger partial charge on any atom is -0.367 e. The zero-order valence-electron chi connectivity index (χ0n) is 14.4. The largest absolute Gasteiger partial charge is 0.367 e. The summed E-state index contributed by atoms with van der Waals surface area (Å²) >= 11 is 0. The standard InChI is InChI=1S/C20H21N5O/c26-20(17-4-7-19(22-12-17)24-18-5-6-18)23-11-15-2-1-3-16(10-15)13-25-9-8-21-14-25/h1-4,7-10,12,14,18H,5-6,11,13H2,(H,22,24)(H,23,26). The minimum atomic E-state index is -0.115. The number of anilines is 1. The zero-order valence-corrected chi connectivity index (χ0v) is 14.4. The second-order valence-corrected chi connectivity index (χ2v) is 6.59. The first kappa shape index (κ1) is 16.3. The number of pyridine rings is 1. The summed E-state index contributed by atoms with van der Waals surface area (Å²) in [4.78, 5) is 20.7. The van der Waals surface area contributed by atoms with E-state index < -0.39 is 0 Å². The number of hydrogen-bond donors (Lipinski definition) is 2. The first-order chi connectivity index (χ1) is 12.8. The molecule has 1 fully saturated rings. The van der Waals surface area contributed by atoms with Gasteiger partial charge in [0.2, 0.25) is 0 Å². The first-order valence-corrected chi connectivity index (χ1v) is 8.80. The van der Waals surface area contributed by atoms with Crippen LogP contribution in [0.3, 0.4) is 0 Å². The molecule has 26 heavy (non-hydrogen) atoms. The van der Waals surface area contributed by atoms with E-state index in [9.17, 15) is 4.79 Å². The first-order valence-electron chi connectivity index (χ1n) is 8.80. The molecule has 3 aromatic rings. The number of carbonyl (C=O) groups is 1. The molecule has 6 heteroatoms. The van der Waals surface area contributed by atoms with E-state index in [1.807, 2.05) is 35.0 Å². The van der Waals surface area contributed by atoms with Crippen molar-refractivity contribution in [2.45, 2.75) is 32.0 Å². The monoisotopic (exact) mass is 347 g/mol. The number of rotatable bonds is 7. The third kappa shape index (κ3) is 4.27. The molecule has 1 aliphatic rings. The molecule has 4 rings (SSSR count). The molecule has 0 saturated heterocycles. The SMILES string of the molecule is O=C(NCc1cccc(Cn2ccnc2)c1)c1ccc(NC2CC2)nc1. The predicted octanol–water partition coefficient (Wildman–Crippen LogP) is 2.83. The molecule has 1 aromatic carbocycles. The zero-order chi connectivity index (χ0) is 17.8. The van der Waals surface area contributed by atoms with Crippen molar-refractivity contribution in [3.8, 4) is 0 Å². The van der Waals surface area contributed by atoms with Crippen molar-refractivity contribution in [3.05, 3.63) is 78.0 Å². The van der Waals surface area contributed by atoms with Gasteiger partial charge in [-0.05, 0) is 36.1 Å². The van der Waals surface area contributed by atoms with E-state index >= 15 is 0 Å². The van der Waals surface area contributed by atoms with Gasteiger partial charge in [-0.3, -0.25) is 4.79 Å². The quantitative estimate of drug-likeness (QED) is 0.689. The summed E-state index contributed by atoms with van der Waals surface area (Å²) < 4.78 is 2.01. The van der Waals surface area contributed by atoms with Crippen LogP contribution in [-0.2, 0) is 13.1 Å². The molecule has 6 nitrogen and oxygen atoms in total. The Kier molecular flexibility index (Phi) is 4.64. The fourth-order valence-corrected chi connectivity index (χ4v) is 2.76. The predicted molar refractivity (Wildman–Crippen MR) is 99.8 cm³/mol. The maximum Gasteiger partial charge on any atom is 0.253 e. The van der Waals surface area contributed by atoms with Gasteiger partial charge >= 0.3 is 0 Å². The van der Waals surface area contributed by atoms with Crippen LogP contribution in [0.15, 0.2) is 61.3 Å². The van der Waals surface area contributed by atoms with Crippen LogP contribution < -0.4 is 10.6 Å². The Labute approximate surface area is 152 Å². The lowest BCUT2D eigenvalue weighted by Crippen LogP contribution is -2.23. The van der Waals surface area contributed by atoms with Gasteiger partial charge in [-0.25, -0.2) is 9.97 Å². The van der Waals surface area contributed by atoms with Gasteiger partial charge in [-0.1, -0.05) is 24.3 Å². The van der Waals surface area contributed by atoms with E-state index in [-0.39, 0.29) is 5.91 Å². The third-order valence-electron chi connectivity index (χ3n) is 4.32. The average Bonchev–Trinajstić information content (AvgIpc) is 3.33. The van der Waals surface area contributed by atoms with Crippen molar-refractivity contribution < 1.29 is 4.79 Å². The van der Waals surface area contributed by atoms with E-state index in [1.165, 1.54) is 18.4 Å². The molecule has 0 bridgehead atoms. The Balaban J connectivity index is 1.33. The molecule has 2 N–H and O–H groups in total. The van der Waals surface area contributed by atoms with Crippen molar-refractivity contribution >= 4 is 11.7 Å². The number of aromatic nitrogens is 3. The van der Waals surface area contributed by atoms with Crippen molar-refractivity contribution in [3.63, 3.8) is 0 Å². The molecule has 1 amide bonds. The molecule has 2 heterocycles. The molecule has 0 spiro atoms. The fourth-order valence-electron chi connectivity index (χ4n) is 2.76. The molecule has 1 saturated carbocycles. The van der Waals surface area contributed by atoms with Gasteiger partial charge < -0.3 is 15.2 Å². The highest BCUT2D eigenvalue weighted by molar-refractivity contribution is 5.94. The van der Waals surface area contributed by atoms with Gasteiger partial charge in [-0.15, -0.1) is 0 Å². The van der Waals surface area contributed by atoms with E-state index in [2.05, 4.69) is 32.7 Å². The Morgan fingerprint density at radius 3 is 2.81 bits per heavy atom. The molecule has 0 unspecified atom stereocenters. The van der Waals surface area contributed by atoms with Crippen LogP contribution in [0, 0.1) is 0 Å². The van der Waals surface area contributed by atoms with Crippen molar-refractivity contribution in [1.29, 1.82) is 0 Å². The summed E-state index contributed by atoms with van der Waals surface area (Å²) in [6.07, 6.45) is 9.51. The minimum absolute atomic E-state index is 0.115. The number of benzene rings is 1. The molecule has 0 atom stereocenters. The average molecular weight is 347 g/mol. The molecule has 2 aromatic heterocycles. The molecule has 0 aliphatic heterocycles. The molecule has 1 aliphatic carbocycles. The highest BCUT2D eigenvalue weighted by Gasteiger charge is 2.21. The van der Waals surface area contributed by atoms with E-state index in [0.717, 1.165) is 17.9 Å². The summed E-state index contributed by atoms with van der Waals surface area (Å²) in [5.41, 5.74) is 2.81. The van der Waals surface area contributed by atoms with Crippen LogP contribution in [0.25, 0.3) is 0 Å². The molecule has 0 radical (unpaired) electrons. The summed E-state index contributed by atoms with van der Waals surface area (Å²) in [5.74, 6) is 0.715. The van der Waals surface area contributed by atoms with Gasteiger partial charge in [0.1, 0.15) is 5.82 Å². The Morgan fingerprint density at radius 1 is 1.19 bits per heavy atom. The van der Waals surface area contributed by atoms with Crippen molar-refractivity contribution in [1.82, 2.24) is 19.9 Å². The summed E-state index contributed by atoms with van der Waals surface area (Å²) in [6.45, 7) is 1.25. The summed E-state index contributed by atoms with van der Waals surface area (Å²) in [5, 5.41) is 6.27. The van der Waals surface area contributed by atoms with Crippen LogP contribution in [0.5, 0.6) is 0 Å². The summed E-state index contributed by atoms with van der Waals surface area (Å²) in [7, 11) is 0. The maximum absolute atomic E-state index is 12.3. The Bertz CT molecular complexity index is 869. The topological polar surface area (TPSA) is 71.8 Å². The second-order valence-electron chi connectivity index (χ2n) is 6.59. The van der Waals surface area contributed by atoms with Gasteiger partial charge in [0, 0.05) is 37.7 Å². The number of amides is 1. The van der Waals surface area contributed by atoms with E-state index in [0.29, 0.717) is 18.2 Å². The van der Waals surface area contributed by atoms with Crippen molar-refractivity contribution in [2.75, 3.05) is 5.32 Å². The molecule has 132 valence electrons.